The Balaban J connectivity index is 1.61. The average molecular weight is 371 g/mol. The first-order chi connectivity index (χ1) is 12.9. The molecule has 2 aliphatic carbocycles. The van der Waals surface area contributed by atoms with E-state index in [0.717, 1.165) is 24.0 Å². The Hall–Kier alpha value is -1.77. The second-order valence-electron chi connectivity index (χ2n) is 8.74. The molecule has 148 valence electrons. The molecule has 1 heterocycles. The highest BCUT2D eigenvalue weighted by molar-refractivity contribution is 5.83. The lowest BCUT2D eigenvalue weighted by molar-refractivity contribution is -0.143. The molecule has 0 aromatic heterocycles. The average Bonchev–Trinajstić information content (AvgIpc) is 2.65. The monoisotopic (exact) mass is 370 g/mol. The summed E-state index contributed by atoms with van der Waals surface area (Å²) in [6.07, 6.45) is 15.3. The van der Waals surface area contributed by atoms with Crippen LogP contribution >= 0.6 is 0 Å². The molecular formula is C24H34O3. The molecule has 0 saturated heterocycles. The molecule has 1 aliphatic heterocycles. The number of esters is 1. The molecular weight excluding hydrogens is 336 g/mol. The molecule has 3 heteroatoms. The van der Waals surface area contributed by atoms with Crippen LogP contribution < -0.4 is 0 Å². The molecule has 3 aliphatic rings. The molecule has 1 saturated carbocycles. The Kier molecular flexibility index (Phi) is 6.62. The zero-order valence-electron chi connectivity index (χ0n) is 17.0. The standard InChI is InChI=1S/C24H34O3/c1-16-6-5-7-18(3)22(19(4)9-8-17(16)2)15-26-21-12-10-20-11-13-24(25)27-23(20)14-21/h10-14,16-18,20,22-23H,4-9,15H2,1-3H3/t16-,17+,18?,20?,22-,23?/m0/s1. The maximum atomic E-state index is 11.5. The van der Waals surface area contributed by atoms with Gasteiger partial charge in [0.25, 0.3) is 0 Å². The van der Waals surface area contributed by atoms with E-state index >= 15 is 0 Å². The Labute approximate surface area is 164 Å². The van der Waals surface area contributed by atoms with E-state index in [4.69, 9.17) is 9.47 Å². The summed E-state index contributed by atoms with van der Waals surface area (Å²) in [4.78, 5) is 11.5. The molecule has 27 heavy (non-hydrogen) atoms. The molecule has 0 amide bonds. The zero-order valence-corrected chi connectivity index (χ0v) is 17.0. The van der Waals surface area contributed by atoms with Crippen LogP contribution in [0.2, 0.25) is 0 Å². The van der Waals surface area contributed by atoms with Crippen molar-refractivity contribution in [2.75, 3.05) is 6.61 Å². The van der Waals surface area contributed by atoms with Gasteiger partial charge in [0.1, 0.15) is 11.9 Å². The van der Waals surface area contributed by atoms with Crippen molar-refractivity contribution in [1.29, 1.82) is 0 Å². The predicted molar refractivity (Wildman–Crippen MR) is 109 cm³/mol. The summed E-state index contributed by atoms with van der Waals surface area (Å²) in [5.41, 5.74) is 1.33. The van der Waals surface area contributed by atoms with Crippen molar-refractivity contribution in [2.45, 2.75) is 59.0 Å². The van der Waals surface area contributed by atoms with Gasteiger partial charge in [-0.05, 0) is 42.7 Å². The minimum Gasteiger partial charge on any atom is -0.493 e. The first-order valence-electron chi connectivity index (χ1n) is 10.5. The van der Waals surface area contributed by atoms with Crippen LogP contribution in [0, 0.1) is 29.6 Å². The topological polar surface area (TPSA) is 35.5 Å². The highest BCUT2D eigenvalue weighted by Crippen LogP contribution is 2.34. The van der Waals surface area contributed by atoms with Crippen LogP contribution in [0.25, 0.3) is 0 Å². The van der Waals surface area contributed by atoms with Crippen LogP contribution in [0.3, 0.4) is 0 Å². The number of hydrogen-bond donors (Lipinski definition) is 0. The fourth-order valence-electron chi connectivity index (χ4n) is 4.39. The van der Waals surface area contributed by atoms with Gasteiger partial charge in [-0.15, -0.1) is 0 Å². The van der Waals surface area contributed by atoms with Crippen LogP contribution in [0.5, 0.6) is 0 Å². The van der Waals surface area contributed by atoms with Gasteiger partial charge in [0, 0.05) is 17.9 Å². The van der Waals surface area contributed by atoms with Gasteiger partial charge >= 0.3 is 5.97 Å². The Morgan fingerprint density at radius 1 is 1.07 bits per heavy atom. The molecule has 0 spiro atoms. The van der Waals surface area contributed by atoms with Crippen LogP contribution in [0.15, 0.2) is 48.3 Å². The molecule has 0 aromatic rings. The van der Waals surface area contributed by atoms with Crippen LogP contribution in [-0.2, 0) is 14.3 Å². The lowest BCUT2D eigenvalue weighted by atomic mass is 9.77. The van der Waals surface area contributed by atoms with E-state index in [0.29, 0.717) is 18.4 Å². The molecule has 0 bridgehead atoms. The largest absolute Gasteiger partial charge is 0.493 e. The van der Waals surface area contributed by atoms with Crippen LogP contribution in [-0.4, -0.2) is 18.7 Å². The van der Waals surface area contributed by atoms with Crippen molar-refractivity contribution < 1.29 is 14.3 Å². The number of fused-ring (bicyclic) bond motifs is 1. The van der Waals surface area contributed by atoms with Crippen molar-refractivity contribution in [2.24, 2.45) is 29.6 Å². The van der Waals surface area contributed by atoms with E-state index in [-0.39, 0.29) is 18.0 Å². The van der Waals surface area contributed by atoms with E-state index in [9.17, 15) is 4.79 Å². The first-order valence-corrected chi connectivity index (χ1v) is 10.5. The van der Waals surface area contributed by atoms with Gasteiger partial charge in [-0.3, -0.25) is 0 Å². The highest BCUT2D eigenvalue weighted by Gasteiger charge is 2.28. The number of carbonyl (C=O) groups excluding carboxylic acids is 1. The van der Waals surface area contributed by atoms with Crippen molar-refractivity contribution in [3.63, 3.8) is 0 Å². The second-order valence-corrected chi connectivity index (χ2v) is 8.74. The lowest BCUT2D eigenvalue weighted by Crippen LogP contribution is -2.28. The number of hydrogen-bond acceptors (Lipinski definition) is 3. The molecule has 3 nitrogen and oxygen atoms in total. The molecule has 3 rings (SSSR count). The fourth-order valence-corrected chi connectivity index (χ4v) is 4.39. The normalized spacial score (nSPS) is 37.2. The van der Waals surface area contributed by atoms with Crippen molar-refractivity contribution >= 4 is 5.97 Å². The number of ether oxygens (including phenoxy) is 2. The van der Waals surface area contributed by atoms with E-state index in [1.165, 1.54) is 37.3 Å². The molecule has 1 fully saturated rings. The third-order valence-corrected chi connectivity index (χ3v) is 6.75. The van der Waals surface area contributed by atoms with Crippen molar-refractivity contribution in [3.05, 3.63) is 48.3 Å². The molecule has 0 aromatic carbocycles. The van der Waals surface area contributed by atoms with Gasteiger partial charge in [0.2, 0.25) is 0 Å². The van der Waals surface area contributed by atoms with E-state index in [2.05, 4.69) is 33.4 Å². The van der Waals surface area contributed by atoms with E-state index < -0.39 is 0 Å². The van der Waals surface area contributed by atoms with E-state index in [1.807, 2.05) is 18.2 Å². The van der Waals surface area contributed by atoms with Gasteiger partial charge in [-0.2, -0.15) is 0 Å². The van der Waals surface area contributed by atoms with Crippen LogP contribution in [0.4, 0.5) is 0 Å². The predicted octanol–water partition coefficient (Wildman–Crippen LogP) is 5.60. The summed E-state index contributed by atoms with van der Waals surface area (Å²) in [6.45, 7) is 12.2. The summed E-state index contributed by atoms with van der Waals surface area (Å²) in [7, 11) is 0. The highest BCUT2D eigenvalue weighted by atomic mass is 16.5. The van der Waals surface area contributed by atoms with Gasteiger partial charge in [-0.1, -0.05) is 64.3 Å². The zero-order chi connectivity index (χ0) is 19.4. The summed E-state index contributed by atoms with van der Waals surface area (Å²) >= 11 is 0. The Morgan fingerprint density at radius 2 is 1.78 bits per heavy atom. The van der Waals surface area contributed by atoms with Gasteiger partial charge in [0.05, 0.1) is 6.61 Å². The van der Waals surface area contributed by atoms with Crippen molar-refractivity contribution in [1.82, 2.24) is 0 Å². The van der Waals surface area contributed by atoms with Crippen LogP contribution in [0.1, 0.15) is 52.9 Å². The maximum Gasteiger partial charge on any atom is 0.331 e. The Morgan fingerprint density at radius 3 is 2.59 bits per heavy atom. The number of carbonyl (C=O) groups is 1. The number of allylic oxidation sites excluding steroid dienone is 1. The SMILES string of the molecule is C=C1CC[C@@H](C)[C@@H](C)CCCC(C)[C@@H]1COC1=CC2OC(=O)C=CC2C=C1. The lowest BCUT2D eigenvalue weighted by Gasteiger charge is -2.31. The third kappa shape index (κ3) is 5.15. The summed E-state index contributed by atoms with van der Waals surface area (Å²) in [5, 5.41) is 0. The minimum atomic E-state index is -0.278. The Bertz CT molecular complexity index is 642. The quantitative estimate of drug-likeness (QED) is 0.479. The van der Waals surface area contributed by atoms with Gasteiger partial charge in [0.15, 0.2) is 0 Å². The summed E-state index contributed by atoms with van der Waals surface area (Å²) < 4.78 is 11.6. The van der Waals surface area contributed by atoms with Gasteiger partial charge < -0.3 is 9.47 Å². The van der Waals surface area contributed by atoms with Crippen molar-refractivity contribution in [3.8, 4) is 0 Å². The first kappa shape index (κ1) is 20.0. The smallest absolute Gasteiger partial charge is 0.331 e. The molecule has 0 radical (unpaired) electrons. The fraction of sp³-hybridized carbons (Fsp3) is 0.625. The maximum absolute atomic E-state index is 11.5. The second kappa shape index (κ2) is 8.95. The molecule has 3 unspecified atom stereocenters. The number of rotatable bonds is 3. The summed E-state index contributed by atoms with van der Waals surface area (Å²) in [5.74, 6) is 3.17. The third-order valence-electron chi connectivity index (χ3n) is 6.75. The minimum absolute atomic E-state index is 0.126. The summed E-state index contributed by atoms with van der Waals surface area (Å²) in [6, 6.07) is 0. The van der Waals surface area contributed by atoms with E-state index in [1.54, 1.807) is 0 Å². The molecule has 6 atom stereocenters. The van der Waals surface area contributed by atoms with Gasteiger partial charge in [-0.25, -0.2) is 4.79 Å². The molecule has 0 N–H and O–H groups in total.